The molecular formula is C26H29FN4O5S. The third-order valence-electron chi connectivity index (χ3n) is 7.53. The third-order valence-corrected chi connectivity index (χ3v) is 9.44. The SMILES string of the molecule is O=C([C@@H]1CCN1S(=O)(=O)c1ccc(N2C[C@@H](O)[C@H](F)C2)c(-c2cc3ccccc3[nH]2)c1)N1CCOCC1. The van der Waals surface area contributed by atoms with E-state index in [0.717, 1.165) is 10.9 Å². The Kier molecular flexibility index (Phi) is 6.18. The van der Waals surface area contributed by atoms with Gasteiger partial charge < -0.3 is 24.6 Å². The molecule has 37 heavy (non-hydrogen) atoms. The maximum Gasteiger partial charge on any atom is 0.243 e. The number of alkyl halides is 1. The lowest BCUT2D eigenvalue weighted by atomic mass is 10.1. The van der Waals surface area contributed by atoms with Crippen LogP contribution in [0.5, 0.6) is 0 Å². The second-order valence-electron chi connectivity index (χ2n) is 9.80. The number of aliphatic hydroxyl groups is 1. The summed E-state index contributed by atoms with van der Waals surface area (Å²) in [6.45, 7) is 2.22. The van der Waals surface area contributed by atoms with Crippen LogP contribution in [0.1, 0.15) is 6.42 Å². The predicted octanol–water partition coefficient (Wildman–Crippen LogP) is 1.98. The molecular weight excluding hydrogens is 499 g/mol. The molecule has 1 amide bonds. The largest absolute Gasteiger partial charge is 0.388 e. The molecule has 0 spiro atoms. The van der Waals surface area contributed by atoms with E-state index in [1.807, 2.05) is 30.3 Å². The van der Waals surface area contributed by atoms with Gasteiger partial charge >= 0.3 is 0 Å². The number of para-hydroxylation sites is 1. The van der Waals surface area contributed by atoms with E-state index in [9.17, 15) is 22.7 Å². The lowest BCUT2D eigenvalue weighted by molar-refractivity contribution is -0.142. The van der Waals surface area contributed by atoms with Gasteiger partial charge in [-0.3, -0.25) is 4.79 Å². The zero-order chi connectivity index (χ0) is 25.7. The van der Waals surface area contributed by atoms with Crippen LogP contribution < -0.4 is 4.90 Å². The zero-order valence-corrected chi connectivity index (χ0v) is 21.0. The van der Waals surface area contributed by atoms with Gasteiger partial charge in [0.2, 0.25) is 15.9 Å². The Balaban J connectivity index is 1.37. The Bertz CT molecular complexity index is 1390. The maximum absolute atomic E-state index is 14.2. The van der Waals surface area contributed by atoms with Crippen LogP contribution in [0.25, 0.3) is 22.2 Å². The quantitative estimate of drug-likeness (QED) is 0.525. The standard InChI is InChI=1S/C26H29FN4O5S/c27-20-15-30(16-25(20)32)23-6-5-18(14-19(23)22-13-17-3-1-2-4-21(17)28-22)37(34,35)31-8-7-24(31)26(33)29-9-11-36-12-10-29/h1-6,13-14,20,24-25,28,32H,7-12,15-16H2/t20-,24+,25-/m1/s1. The first kappa shape index (κ1) is 24.4. The van der Waals surface area contributed by atoms with E-state index in [1.165, 1.54) is 10.4 Å². The Hall–Kier alpha value is -2.99. The minimum atomic E-state index is -3.96. The number of anilines is 1. The Morgan fingerprint density at radius 2 is 1.84 bits per heavy atom. The number of aliphatic hydroxyl groups excluding tert-OH is 1. The molecule has 4 heterocycles. The zero-order valence-electron chi connectivity index (χ0n) is 20.2. The van der Waals surface area contributed by atoms with E-state index in [-0.39, 0.29) is 30.4 Å². The topological polar surface area (TPSA) is 106 Å². The number of fused-ring (bicyclic) bond motifs is 1. The van der Waals surface area contributed by atoms with Crippen molar-refractivity contribution >= 4 is 32.5 Å². The van der Waals surface area contributed by atoms with Crippen LogP contribution in [0, 0.1) is 0 Å². The van der Waals surface area contributed by atoms with Crippen LogP contribution in [-0.4, -0.2) is 97.9 Å². The fraction of sp³-hybridized carbons (Fsp3) is 0.423. The van der Waals surface area contributed by atoms with E-state index < -0.39 is 28.3 Å². The highest BCUT2D eigenvalue weighted by Gasteiger charge is 2.45. The highest BCUT2D eigenvalue weighted by Crippen LogP contribution is 2.38. The van der Waals surface area contributed by atoms with Gasteiger partial charge in [0, 0.05) is 54.0 Å². The minimum absolute atomic E-state index is 0.0166. The summed E-state index contributed by atoms with van der Waals surface area (Å²) < 4.78 is 48.2. The number of hydrogen-bond donors (Lipinski definition) is 2. The fourth-order valence-electron chi connectivity index (χ4n) is 5.36. The molecule has 0 radical (unpaired) electrons. The molecule has 1 aromatic heterocycles. The number of carbonyl (C=O) groups is 1. The van der Waals surface area contributed by atoms with Gasteiger partial charge in [-0.2, -0.15) is 4.31 Å². The van der Waals surface area contributed by atoms with Crippen LogP contribution in [-0.2, 0) is 19.6 Å². The molecule has 3 aromatic rings. The number of sulfonamides is 1. The normalized spacial score (nSPS) is 25.0. The second-order valence-corrected chi connectivity index (χ2v) is 11.7. The fourth-order valence-corrected chi connectivity index (χ4v) is 7.01. The lowest BCUT2D eigenvalue weighted by Crippen LogP contribution is -2.60. The van der Waals surface area contributed by atoms with Crippen LogP contribution in [0.3, 0.4) is 0 Å². The molecule has 6 rings (SSSR count). The van der Waals surface area contributed by atoms with Crippen molar-refractivity contribution in [2.24, 2.45) is 0 Å². The number of β-amino-alcohol motifs (C(OH)–C–C–N with tert-alkyl or cyclic N) is 1. The first-order valence-corrected chi connectivity index (χ1v) is 13.9. The summed E-state index contributed by atoms with van der Waals surface area (Å²) in [5.41, 5.74) is 2.81. The maximum atomic E-state index is 14.2. The van der Waals surface area contributed by atoms with Gasteiger partial charge in [0.25, 0.3) is 0 Å². The van der Waals surface area contributed by atoms with E-state index >= 15 is 0 Å². The van der Waals surface area contributed by atoms with Crippen molar-refractivity contribution in [2.75, 3.05) is 50.8 Å². The molecule has 0 bridgehead atoms. The van der Waals surface area contributed by atoms with E-state index in [1.54, 1.807) is 21.9 Å². The monoisotopic (exact) mass is 528 g/mol. The first-order chi connectivity index (χ1) is 17.8. The third kappa shape index (κ3) is 4.29. The van der Waals surface area contributed by atoms with E-state index in [4.69, 9.17) is 4.74 Å². The summed E-state index contributed by atoms with van der Waals surface area (Å²) in [6.07, 6.45) is -2.01. The average molecular weight is 529 g/mol. The molecule has 0 unspecified atom stereocenters. The molecule has 9 nitrogen and oxygen atoms in total. The number of aromatic amines is 1. The van der Waals surface area contributed by atoms with Crippen LogP contribution in [0.4, 0.5) is 10.1 Å². The Labute approximate surface area is 214 Å². The number of rotatable bonds is 5. The van der Waals surface area contributed by atoms with Crippen molar-refractivity contribution < 1.29 is 27.4 Å². The van der Waals surface area contributed by atoms with Gasteiger partial charge in [-0.25, -0.2) is 12.8 Å². The molecule has 2 aromatic carbocycles. The van der Waals surface area contributed by atoms with Gasteiger partial charge in [-0.15, -0.1) is 0 Å². The van der Waals surface area contributed by atoms with Crippen LogP contribution in [0.2, 0.25) is 0 Å². The summed E-state index contributed by atoms with van der Waals surface area (Å²) >= 11 is 0. The van der Waals surface area contributed by atoms with Crippen molar-refractivity contribution in [3.05, 3.63) is 48.5 Å². The molecule has 3 saturated heterocycles. The number of hydrogen-bond acceptors (Lipinski definition) is 6. The van der Waals surface area contributed by atoms with Crippen LogP contribution >= 0.6 is 0 Å². The Morgan fingerprint density at radius 3 is 2.51 bits per heavy atom. The van der Waals surface area contributed by atoms with Crippen molar-refractivity contribution in [3.8, 4) is 11.3 Å². The van der Waals surface area contributed by atoms with Gasteiger partial charge in [0.1, 0.15) is 18.3 Å². The molecule has 2 N–H and O–H groups in total. The number of aromatic nitrogens is 1. The average Bonchev–Trinajstić information content (AvgIpc) is 3.46. The lowest BCUT2D eigenvalue weighted by Gasteiger charge is -2.41. The molecule has 3 aliphatic heterocycles. The smallest absolute Gasteiger partial charge is 0.243 e. The number of H-pyrrole nitrogens is 1. The van der Waals surface area contributed by atoms with Gasteiger partial charge in [-0.1, -0.05) is 18.2 Å². The number of amides is 1. The highest BCUT2D eigenvalue weighted by atomic mass is 32.2. The molecule has 3 atom stereocenters. The molecule has 11 heteroatoms. The van der Waals surface area contributed by atoms with Gasteiger partial charge in [0.15, 0.2) is 0 Å². The molecule has 3 fully saturated rings. The van der Waals surface area contributed by atoms with E-state index in [0.29, 0.717) is 49.7 Å². The number of nitrogens with one attached hydrogen (secondary N) is 1. The summed E-state index contributed by atoms with van der Waals surface area (Å²) in [5, 5.41) is 11.0. The summed E-state index contributed by atoms with van der Waals surface area (Å²) in [4.78, 5) is 19.9. The van der Waals surface area contributed by atoms with Crippen LogP contribution in [0.15, 0.2) is 53.4 Å². The number of nitrogens with zero attached hydrogens (tertiary/aromatic N) is 3. The summed E-state index contributed by atoms with van der Waals surface area (Å²) in [5.74, 6) is -0.189. The van der Waals surface area contributed by atoms with Crippen molar-refractivity contribution in [3.63, 3.8) is 0 Å². The molecule has 0 saturated carbocycles. The molecule has 3 aliphatic rings. The van der Waals surface area contributed by atoms with Crippen molar-refractivity contribution in [1.29, 1.82) is 0 Å². The van der Waals surface area contributed by atoms with E-state index in [2.05, 4.69) is 4.98 Å². The molecule has 196 valence electrons. The number of carbonyl (C=O) groups excluding carboxylic acids is 1. The van der Waals surface area contributed by atoms with Crippen molar-refractivity contribution in [1.82, 2.24) is 14.2 Å². The second kappa shape index (κ2) is 9.39. The van der Waals surface area contributed by atoms with Gasteiger partial charge in [-0.05, 0) is 36.8 Å². The number of ether oxygens (including phenoxy) is 1. The highest BCUT2D eigenvalue weighted by molar-refractivity contribution is 7.89. The molecule has 0 aliphatic carbocycles. The van der Waals surface area contributed by atoms with Gasteiger partial charge in [0.05, 0.1) is 24.7 Å². The number of halogens is 1. The summed E-state index contributed by atoms with van der Waals surface area (Å²) in [6, 6.07) is 13.7. The first-order valence-electron chi connectivity index (χ1n) is 12.5. The summed E-state index contributed by atoms with van der Waals surface area (Å²) in [7, 11) is -3.96. The predicted molar refractivity (Wildman–Crippen MR) is 137 cm³/mol. The minimum Gasteiger partial charge on any atom is -0.388 e. The van der Waals surface area contributed by atoms with Crippen molar-refractivity contribution in [2.45, 2.75) is 29.6 Å². The number of morpholine rings is 1. The Morgan fingerprint density at radius 1 is 1.05 bits per heavy atom. The number of benzene rings is 2.